The van der Waals surface area contributed by atoms with Crippen LogP contribution in [0.1, 0.15) is 26.2 Å². The Balaban J connectivity index is 2.05. The highest BCUT2D eigenvalue weighted by Gasteiger charge is 2.34. The number of aliphatic carboxylic acids is 1. The summed E-state index contributed by atoms with van der Waals surface area (Å²) >= 11 is 0. The van der Waals surface area contributed by atoms with E-state index in [0.717, 1.165) is 12.8 Å². The molecule has 0 bridgehead atoms. The van der Waals surface area contributed by atoms with Crippen LogP contribution in [0.15, 0.2) is 24.3 Å². The fourth-order valence-electron chi connectivity index (χ4n) is 2.48. The molecule has 0 spiro atoms. The van der Waals surface area contributed by atoms with Crippen LogP contribution in [0, 0.1) is 5.82 Å². The number of ether oxygens (including phenoxy) is 1. The molecule has 2 rings (SSSR count). The third-order valence-electron chi connectivity index (χ3n) is 3.53. The molecular formula is C15H18FNO4. The first-order valence-electron chi connectivity index (χ1n) is 6.94. The number of hydrogen-bond donors (Lipinski definition) is 1. The average molecular weight is 295 g/mol. The van der Waals surface area contributed by atoms with E-state index in [-0.39, 0.29) is 11.7 Å². The van der Waals surface area contributed by atoms with E-state index < -0.39 is 23.9 Å². The molecule has 1 N–H and O–H groups in total. The Morgan fingerprint density at radius 2 is 2.19 bits per heavy atom. The van der Waals surface area contributed by atoms with Crippen LogP contribution in [-0.2, 0) is 9.59 Å². The van der Waals surface area contributed by atoms with Crippen molar-refractivity contribution >= 4 is 11.9 Å². The van der Waals surface area contributed by atoms with Gasteiger partial charge in [0.1, 0.15) is 17.6 Å². The number of amides is 1. The van der Waals surface area contributed by atoms with Gasteiger partial charge in [0.05, 0.1) is 0 Å². The van der Waals surface area contributed by atoms with Gasteiger partial charge < -0.3 is 14.7 Å². The van der Waals surface area contributed by atoms with Crippen molar-refractivity contribution in [2.75, 3.05) is 6.54 Å². The molecule has 0 aromatic heterocycles. The van der Waals surface area contributed by atoms with Gasteiger partial charge in [-0.15, -0.1) is 0 Å². The fraction of sp³-hybridized carbons (Fsp3) is 0.467. The Morgan fingerprint density at radius 1 is 1.43 bits per heavy atom. The molecule has 1 fully saturated rings. The average Bonchev–Trinajstić information content (AvgIpc) is 2.46. The maximum atomic E-state index is 13.1. The van der Waals surface area contributed by atoms with E-state index in [1.807, 2.05) is 0 Å². The van der Waals surface area contributed by atoms with Gasteiger partial charge in [0.2, 0.25) is 0 Å². The van der Waals surface area contributed by atoms with Crippen LogP contribution in [0.25, 0.3) is 0 Å². The van der Waals surface area contributed by atoms with Gasteiger partial charge in [-0.05, 0) is 38.3 Å². The SMILES string of the molecule is C[C@H](Oc1cccc(F)c1)C(=O)N1CCCC[C@H]1C(=O)O. The molecule has 0 saturated carbocycles. The molecule has 1 aromatic rings. The predicted octanol–water partition coefficient (Wildman–Crippen LogP) is 2.06. The second kappa shape index (κ2) is 6.56. The molecule has 114 valence electrons. The third-order valence-corrected chi connectivity index (χ3v) is 3.53. The summed E-state index contributed by atoms with van der Waals surface area (Å²) in [7, 11) is 0. The molecule has 0 unspecified atom stereocenters. The zero-order valence-corrected chi connectivity index (χ0v) is 11.8. The van der Waals surface area contributed by atoms with Crippen molar-refractivity contribution in [3.63, 3.8) is 0 Å². The van der Waals surface area contributed by atoms with Gasteiger partial charge in [-0.2, -0.15) is 0 Å². The molecule has 2 atom stereocenters. The van der Waals surface area contributed by atoms with Gasteiger partial charge in [0.15, 0.2) is 6.10 Å². The Labute approximate surface area is 122 Å². The van der Waals surface area contributed by atoms with Crippen LogP contribution >= 0.6 is 0 Å². The molecule has 1 heterocycles. The summed E-state index contributed by atoms with van der Waals surface area (Å²) in [4.78, 5) is 24.9. The third kappa shape index (κ3) is 3.71. The number of hydrogen-bond acceptors (Lipinski definition) is 3. The fourth-order valence-corrected chi connectivity index (χ4v) is 2.48. The van der Waals surface area contributed by atoms with E-state index >= 15 is 0 Å². The van der Waals surface area contributed by atoms with E-state index in [1.165, 1.54) is 23.1 Å². The van der Waals surface area contributed by atoms with Crippen molar-refractivity contribution in [2.24, 2.45) is 0 Å². The topological polar surface area (TPSA) is 66.8 Å². The van der Waals surface area contributed by atoms with Gasteiger partial charge in [0, 0.05) is 12.6 Å². The van der Waals surface area contributed by atoms with Crippen molar-refractivity contribution in [3.8, 4) is 5.75 Å². The van der Waals surface area contributed by atoms with Gasteiger partial charge in [-0.25, -0.2) is 9.18 Å². The van der Waals surface area contributed by atoms with Crippen LogP contribution in [0.4, 0.5) is 4.39 Å². The van der Waals surface area contributed by atoms with Gasteiger partial charge in [-0.3, -0.25) is 4.79 Å². The summed E-state index contributed by atoms with van der Waals surface area (Å²) < 4.78 is 18.5. The first kappa shape index (κ1) is 15.3. The number of piperidine rings is 1. The lowest BCUT2D eigenvalue weighted by molar-refractivity contribution is -0.155. The zero-order valence-electron chi connectivity index (χ0n) is 11.8. The van der Waals surface area contributed by atoms with Crippen LogP contribution < -0.4 is 4.74 Å². The van der Waals surface area contributed by atoms with Crippen molar-refractivity contribution in [1.29, 1.82) is 0 Å². The summed E-state index contributed by atoms with van der Waals surface area (Å²) in [5.74, 6) is -1.58. The maximum absolute atomic E-state index is 13.1. The Bertz CT molecular complexity index is 534. The molecule has 1 aliphatic rings. The Morgan fingerprint density at radius 3 is 2.86 bits per heavy atom. The number of carbonyl (C=O) groups excluding carboxylic acids is 1. The summed E-state index contributed by atoms with van der Waals surface area (Å²) in [6.45, 7) is 1.95. The lowest BCUT2D eigenvalue weighted by Crippen LogP contribution is -2.52. The highest BCUT2D eigenvalue weighted by molar-refractivity contribution is 5.86. The second-order valence-electron chi connectivity index (χ2n) is 5.10. The minimum absolute atomic E-state index is 0.250. The van der Waals surface area contributed by atoms with Gasteiger partial charge in [-0.1, -0.05) is 6.07 Å². The quantitative estimate of drug-likeness (QED) is 0.923. The van der Waals surface area contributed by atoms with Crippen molar-refractivity contribution in [3.05, 3.63) is 30.1 Å². The van der Waals surface area contributed by atoms with E-state index in [9.17, 15) is 19.1 Å². The van der Waals surface area contributed by atoms with Crippen LogP contribution in [0.2, 0.25) is 0 Å². The minimum Gasteiger partial charge on any atom is -0.481 e. The molecule has 1 aromatic carbocycles. The lowest BCUT2D eigenvalue weighted by Gasteiger charge is -2.34. The van der Waals surface area contributed by atoms with Gasteiger partial charge >= 0.3 is 5.97 Å². The number of carboxylic acids is 1. The lowest BCUT2D eigenvalue weighted by atomic mass is 10.0. The van der Waals surface area contributed by atoms with E-state index in [4.69, 9.17) is 4.74 Å². The molecule has 5 nitrogen and oxygen atoms in total. The number of nitrogens with zero attached hydrogens (tertiary/aromatic N) is 1. The smallest absolute Gasteiger partial charge is 0.326 e. The molecular weight excluding hydrogens is 277 g/mol. The van der Waals surface area contributed by atoms with Crippen molar-refractivity contribution in [2.45, 2.75) is 38.3 Å². The highest BCUT2D eigenvalue weighted by Crippen LogP contribution is 2.20. The van der Waals surface area contributed by atoms with E-state index in [1.54, 1.807) is 13.0 Å². The van der Waals surface area contributed by atoms with Crippen molar-refractivity contribution < 1.29 is 23.8 Å². The number of carbonyl (C=O) groups is 2. The summed E-state index contributed by atoms with van der Waals surface area (Å²) in [6, 6.07) is 4.71. The van der Waals surface area contributed by atoms with Crippen LogP contribution in [0.5, 0.6) is 5.75 Å². The molecule has 21 heavy (non-hydrogen) atoms. The molecule has 1 saturated heterocycles. The predicted molar refractivity (Wildman–Crippen MR) is 73.5 cm³/mol. The number of carboxylic acid groups (broad SMARTS) is 1. The summed E-state index contributed by atoms with van der Waals surface area (Å²) in [5, 5.41) is 9.18. The molecule has 6 heteroatoms. The normalized spacial score (nSPS) is 19.9. The highest BCUT2D eigenvalue weighted by atomic mass is 19.1. The molecule has 0 aliphatic carbocycles. The molecule has 1 aliphatic heterocycles. The number of likely N-dealkylation sites (tertiary alicyclic amines) is 1. The first-order valence-corrected chi connectivity index (χ1v) is 6.94. The number of benzene rings is 1. The zero-order chi connectivity index (χ0) is 15.4. The Kier molecular flexibility index (Phi) is 4.77. The van der Waals surface area contributed by atoms with Crippen LogP contribution in [-0.4, -0.2) is 40.6 Å². The summed E-state index contributed by atoms with van der Waals surface area (Å²) in [5.41, 5.74) is 0. The second-order valence-corrected chi connectivity index (χ2v) is 5.10. The maximum Gasteiger partial charge on any atom is 0.326 e. The standard InChI is InChI=1S/C15H18FNO4/c1-10(21-12-6-4-5-11(16)9-12)14(18)17-8-3-2-7-13(17)15(19)20/h4-6,9-10,13H,2-3,7-8H2,1H3,(H,19,20)/t10-,13-/m0/s1. The van der Waals surface area contributed by atoms with Gasteiger partial charge in [0.25, 0.3) is 5.91 Å². The molecule has 1 amide bonds. The Hall–Kier alpha value is -2.11. The monoisotopic (exact) mass is 295 g/mol. The summed E-state index contributed by atoms with van der Waals surface area (Å²) in [6.07, 6.45) is 1.17. The largest absolute Gasteiger partial charge is 0.481 e. The van der Waals surface area contributed by atoms with Crippen LogP contribution in [0.3, 0.4) is 0 Å². The van der Waals surface area contributed by atoms with Crippen molar-refractivity contribution in [1.82, 2.24) is 4.90 Å². The van der Waals surface area contributed by atoms with E-state index in [0.29, 0.717) is 13.0 Å². The first-order chi connectivity index (χ1) is 9.99. The number of halogens is 1. The molecule has 0 radical (unpaired) electrons. The van der Waals surface area contributed by atoms with E-state index in [2.05, 4.69) is 0 Å². The minimum atomic E-state index is -0.999. The number of rotatable bonds is 4.